The van der Waals surface area contributed by atoms with E-state index in [1.165, 1.54) is 23.9 Å². The van der Waals surface area contributed by atoms with E-state index in [1.54, 1.807) is 0 Å². The van der Waals surface area contributed by atoms with E-state index in [1.807, 2.05) is 13.2 Å². The molecular formula is C11H16N2O4S2. The lowest BCUT2D eigenvalue weighted by Crippen LogP contribution is -2.30. The van der Waals surface area contributed by atoms with Crippen molar-refractivity contribution in [3.63, 3.8) is 0 Å². The molecule has 0 aliphatic heterocycles. The molecule has 0 amide bonds. The van der Waals surface area contributed by atoms with Crippen LogP contribution in [-0.4, -0.2) is 37.5 Å². The van der Waals surface area contributed by atoms with Gasteiger partial charge in [0, 0.05) is 11.8 Å². The first-order valence-electron chi connectivity index (χ1n) is 5.43. The van der Waals surface area contributed by atoms with Gasteiger partial charge in [0.2, 0.25) is 10.0 Å². The van der Waals surface area contributed by atoms with E-state index in [0.717, 1.165) is 6.07 Å². The SMILES string of the molecule is CSC(C)CNS(=O)(=O)c1ccc(C(=O)O)cc1N. The average Bonchev–Trinajstić information content (AvgIpc) is 2.35. The van der Waals surface area contributed by atoms with Gasteiger partial charge in [0.25, 0.3) is 0 Å². The van der Waals surface area contributed by atoms with Crippen molar-refractivity contribution in [1.82, 2.24) is 4.72 Å². The van der Waals surface area contributed by atoms with Crippen LogP contribution in [0.15, 0.2) is 23.1 Å². The number of benzene rings is 1. The number of hydrogen-bond donors (Lipinski definition) is 3. The highest BCUT2D eigenvalue weighted by Gasteiger charge is 2.19. The molecule has 1 unspecified atom stereocenters. The highest BCUT2D eigenvalue weighted by Crippen LogP contribution is 2.20. The fourth-order valence-electron chi connectivity index (χ4n) is 1.31. The van der Waals surface area contributed by atoms with Crippen LogP contribution >= 0.6 is 11.8 Å². The molecule has 1 atom stereocenters. The van der Waals surface area contributed by atoms with Gasteiger partial charge in [0.05, 0.1) is 11.3 Å². The number of sulfonamides is 1. The molecule has 1 aromatic rings. The Bertz CT molecular complexity index is 572. The molecule has 0 heterocycles. The smallest absolute Gasteiger partial charge is 0.335 e. The number of rotatable bonds is 6. The zero-order chi connectivity index (χ0) is 14.6. The maximum absolute atomic E-state index is 12.0. The molecule has 0 aliphatic rings. The van der Waals surface area contributed by atoms with Crippen LogP contribution in [0.1, 0.15) is 17.3 Å². The standard InChI is InChI=1S/C11H16N2O4S2/c1-7(18-2)6-13-19(16,17)10-4-3-8(11(14)15)5-9(10)12/h3-5,7,13H,6,12H2,1-2H3,(H,14,15). The minimum Gasteiger partial charge on any atom is -0.478 e. The predicted molar refractivity (Wildman–Crippen MR) is 76.0 cm³/mol. The Morgan fingerprint density at radius 3 is 2.63 bits per heavy atom. The van der Waals surface area contributed by atoms with Crippen molar-refractivity contribution in [2.45, 2.75) is 17.1 Å². The first kappa shape index (κ1) is 15.8. The number of thioether (sulfide) groups is 1. The third-order valence-corrected chi connectivity index (χ3v) is 4.98. The van der Waals surface area contributed by atoms with E-state index >= 15 is 0 Å². The third kappa shape index (κ3) is 4.12. The average molecular weight is 304 g/mol. The lowest BCUT2D eigenvalue weighted by molar-refractivity contribution is 0.0697. The molecule has 1 aromatic carbocycles. The Morgan fingerprint density at radius 1 is 1.53 bits per heavy atom. The van der Waals surface area contributed by atoms with Gasteiger partial charge in [0.15, 0.2) is 0 Å². The topological polar surface area (TPSA) is 109 Å². The van der Waals surface area contributed by atoms with Crippen LogP contribution in [0.5, 0.6) is 0 Å². The molecule has 0 radical (unpaired) electrons. The molecule has 8 heteroatoms. The molecule has 0 bridgehead atoms. The van der Waals surface area contributed by atoms with Crippen molar-refractivity contribution in [1.29, 1.82) is 0 Å². The van der Waals surface area contributed by atoms with Gasteiger partial charge in [-0.2, -0.15) is 11.8 Å². The summed E-state index contributed by atoms with van der Waals surface area (Å²) >= 11 is 1.54. The molecule has 106 valence electrons. The highest BCUT2D eigenvalue weighted by atomic mass is 32.2. The van der Waals surface area contributed by atoms with Gasteiger partial charge in [-0.05, 0) is 24.5 Å². The van der Waals surface area contributed by atoms with Gasteiger partial charge in [0.1, 0.15) is 4.90 Å². The minimum absolute atomic E-state index is 0.0473. The number of nitrogen functional groups attached to an aromatic ring is 1. The van der Waals surface area contributed by atoms with Gasteiger partial charge in [-0.15, -0.1) is 0 Å². The van der Waals surface area contributed by atoms with Crippen LogP contribution in [0.4, 0.5) is 5.69 Å². The summed E-state index contributed by atoms with van der Waals surface area (Å²) in [4.78, 5) is 10.6. The molecule has 0 aliphatic carbocycles. The second-order valence-electron chi connectivity index (χ2n) is 3.96. The lowest BCUT2D eigenvalue weighted by atomic mass is 10.2. The van der Waals surface area contributed by atoms with E-state index in [9.17, 15) is 13.2 Å². The maximum Gasteiger partial charge on any atom is 0.335 e. The fraction of sp³-hybridized carbons (Fsp3) is 0.364. The van der Waals surface area contributed by atoms with Gasteiger partial charge in [-0.1, -0.05) is 6.92 Å². The highest BCUT2D eigenvalue weighted by molar-refractivity contribution is 7.99. The van der Waals surface area contributed by atoms with Crippen molar-refractivity contribution >= 4 is 33.4 Å². The van der Waals surface area contributed by atoms with Crippen molar-refractivity contribution in [2.24, 2.45) is 0 Å². The van der Waals surface area contributed by atoms with E-state index in [2.05, 4.69) is 4.72 Å². The normalized spacial score (nSPS) is 13.2. The summed E-state index contributed by atoms with van der Waals surface area (Å²) in [5.74, 6) is -1.15. The molecule has 19 heavy (non-hydrogen) atoms. The summed E-state index contributed by atoms with van der Waals surface area (Å²) in [7, 11) is -3.72. The van der Waals surface area contributed by atoms with E-state index in [4.69, 9.17) is 10.8 Å². The molecule has 0 saturated heterocycles. The minimum atomic E-state index is -3.72. The van der Waals surface area contributed by atoms with Gasteiger partial charge in [-0.3, -0.25) is 0 Å². The van der Waals surface area contributed by atoms with Crippen LogP contribution in [0.3, 0.4) is 0 Å². The number of anilines is 1. The molecular weight excluding hydrogens is 288 g/mol. The number of hydrogen-bond acceptors (Lipinski definition) is 5. The van der Waals surface area contributed by atoms with E-state index in [-0.39, 0.29) is 27.9 Å². The number of nitrogens with one attached hydrogen (secondary N) is 1. The monoisotopic (exact) mass is 304 g/mol. The molecule has 1 rings (SSSR count). The first-order valence-corrected chi connectivity index (χ1v) is 8.20. The summed E-state index contributed by atoms with van der Waals surface area (Å²) in [6, 6.07) is 3.55. The second-order valence-corrected chi connectivity index (χ2v) is 6.97. The summed E-state index contributed by atoms with van der Waals surface area (Å²) in [6.45, 7) is 2.17. The Labute approximate surface area is 116 Å². The quantitative estimate of drug-likeness (QED) is 0.676. The van der Waals surface area contributed by atoms with E-state index < -0.39 is 16.0 Å². The summed E-state index contributed by atoms with van der Waals surface area (Å²) in [5.41, 5.74) is 5.47. The zero-order valence-corrected chi connectivity index (χ0v) is 12.2. The molecule has 4 N–H and O–H groups in total. The van der Waals surface area contributed by atoms with Crippen LogP contribution < -0.4 is 10.5 Å². The van der Waals surface area contributed by atoms with Gasteiger partial charge < -0.3 is 10.8 Å². The third-order valence-electron chi connectivity index (χ3n) is 2.51. The van der Waals surface area contributed by atoms with Crippen LogP contribution in [0.25, 0.3) is 0 Å². The number of carbonyl (C=O) groups is 1. The Morgan fingerprint density at radius 2 is 2.16 bits per heavy atom. The molecule has 6 nitrogen and oxygen atoms in total. The molecule has 0 spiro atoms. The summed E-state index contributed by atoms with van der Waals surface area (Å²) in [5, 5.41) is 8.92. The van der Waals surface area contributed by atoms with Crippen molar-refractivity contribution in [3.05, 3.63) is 23.8 Å². The summed E-state index contributed by atoms with van der Waals surface area (Å²) in [6.07, 6.45) is 1.88. The zero-order valence-electron chi connectivity index (χ0n) is 10.6. The van der Waals surface area contributed by atoms with Crippen LogP contribution in [-0.2, 0) is 10.0 Å². The molecule has 0 aromatic heterocycles. The van der Waals surface area contributed by atoms with Gasteiger partial charge in [-0.25, -0.2) is 17.9 Å². The predicted octanol–water partition coefficient (Wildman–Crippen LogP) is 0.997. The Hall–Kier alpha value is -1.25. The molecule has 0 saturated carbocycles. The van der Waals surface area contributed by atoms with E-state index in [0.29, 0.717) is 0 Å². The fourth-order valence-corrected chi connectivity index (χ4v) is 2.91. The number of nitrogens with two attached hydrogens (primary N) is 1. The number of aromatic carboxylic acids is 1. The Balaban J connectivity index is 2.99. The van der Waals surface area contributed by atoms with Gasteiger partial charge >= 0.3 is 5.97 Å². The van der Waals surface area contributed by atoms with Crippen molar-refractivity contribution in [3.8, 4) is 0 Å². The molecule has 0 fully saturated rings. The number of carboxylic acids is 1. The van der Waals surface area contributed by atoms with Crippen molar-refractivity contribution < 1.29 is 18.3 Å². The van der Waals surface area contributed by atoms with Crippen LogP contribution in [0, 0.1) is 0 Å². The lowest BCUT2D eigenvalue weighted by Gasteiger charge is -2.12. The number of carboxylic acid groups (broad SMARTS) is 1. The van der Waals surface area contributed by atoms with Crippen LogP contribution in [0.2, 0.25) is 0 Å². The summed E-state index contributed by atoms with van der Waals surface area (Å²) < 4.78 is 26.5. The second kappa shape index (κ2) is 6.27. The first-order chi connectivity index (χ1) is 8.77. The Kier molecular flexibility index (Phi) is 5.21. The maximum atomic E-state index is 12.0. The largest absolute Gasteiger partial charge is 0.478 e. The van der Waals surface area contributed by atoms with Crippen molar-refractivity contribution in [2.75, 3.05) is 18.5 Å².